The van der Waals surface area contributed by atoms with Crippen LogP contribution in [0.25, 0.3) is 0 Å². The number of nitrogens with zero attached hydrogens (tertiary/aromatic N) is 2. The van der Waals surface area contributed by atoms with Crippen LogP contribution in [0.1, 0.15) is 24.8 Å². The van der Waals surface area contributed by atoms with E-state index in [0.717, 1.165) is 12.2 Å². The van der Waals surface area contributed by atoms with E-state index in [2.05, 4.69) is 17.0 Å². The van der Waals surface area contributed by atoms with Crippen LogP contribution >= 0.6 is 0 Å². The maximum Gasteiger partial charge on any atom is 0.228 e. The van der Waals surface area contributed by atoms with Crippen LogP contribution < -0.4 is 10.6 Å². The second kappa shape index (κ2) is 5.31. The number of hydrogen-bond donors (Lipinski definition) is 1. The van der Waals surface area contributed by atoms with Crippen molar-refractivity contribution in [3.8, 4) is 0 Å². The lowest BCUT2D eigenvalue weighted by Gasteiger charge is -2.23. The van der Waals surface area contributed by atoms with E-state index in [4.69, 9.17) is 5.73 Å². The molecule has 2 N–H and O–H groups in total. The summed E-state index contributed by atoms with van der Waals surface area (Å²) in [7, 11) is 0. The van der Waals surface area contributed by atoms with Crippen LogP contribution in [-0.4, -0.2) is 36.5 Å². The first kappa shape index (κ1) is 12.6. The summed E-state index contributed by atoms with van der Waals surface area (Å²) in [6.07, 6.45) is 3.05. The number of carbonyl (C=O) groups excluding carboxylic acids is 1. The van der Waals surface area contributed by atoms with E-state index in [1.54, 1.807) is 0 Å². The molecule has 0 spiro atoms. The minimum atomic E-state index is -0.0210. The molecule has 1 aromatic carbocycles. The second-order valence-corrected chi connectivity index (χ2v) is 5.58. The van der Waals surface area contributed by atoms with E-state index < -0.39 is 0 Å². The average molecular weight is 259 g/mol. The Balaban J connectivity index is 1.82. The first-order valence-corrected chi connectivity index (χ1v) is 7.10. The summed E-state index contributed by atoms with van der Waals surface area (Å²) in [5, 5.41) is 0. The first-order chi connectivity index (χ1) is 9.24. The lowest BCUT2D eigenvalue weighted by Crippen LogP contribution is -2.29. The highest BCUT2D eigenvalue weighted by atomic mass is 16.2. The Bertz CT molecular complexity index is 468. The molecule has 2 fully saturated rings. The molecule has 0 aliphatic carbocycles. The molecule has 4 heteroatoms. The standard InChI is InChI=1S/C15H21N3O/c16-13-9-15(19)18(11-13)14-6-2-1-5-12(14)10-17-7-3-4-8-17/h1-2,5-6,13H,3-4,7-11,16H2. The topological polar surface area (TPSA) is 49.6 Å². The lowest BCUT2D eigenvalue weighted by atomic mass is 10.1. The van der Waals surface area contributed by atoms with Crippen molar-refractivity contribution >= 4 is 11.6 Å². The van der Waals surface area contributed by atoms with E-state index in [1.807, 2.05) is 17.0 Å². The lowest BCUT2D eigenvalue weighted by molar-refractivity contribution is -0.117. The Morgan fingerprint density at radius 2 is 1.95 bits per heavy atom. The second-order valence-electron chi connectivity index (χ2n) is 5.58. The number of rotatable bonds is 3. The van der Waals surface area contributed by atoms with Gasteiger partial charge in [0.15, 0.2) is 0 Å². The van der Waals surface area contributed by atoms with Gasteiger partial charge in [0.05, 0.1) is 0 Å². The van der Waals surface area contributed by atoms with Crippen molar-refractivity contribution < 1.29 is 4.79 Å². The molecule has 0 aromatic heterocycles. The molecule has 2 heterocycles. The smallest absolute Gasteiger partial charge is 0.228 e. The molecule has 102 valence electrons. The molecule has 1 aromatic rings. The summed E-state index contributed by atoms with van der Waals surface area (Å²) in [5.41, 5.74) is 8.18. The van der Waals surface area contributed by atoms with Crippen molar-refractivity contribution in [3.63, 3.8) is 0 Å². The molecule has 3 rings (SSSR count). The first-order valence-electron chi connectivity index (χ1n) is 7.10. The fourth-order valence-corrected chi connectivity index (χ4v) is 3.06. The molecule has 0 bridgehead atoms. The zero-order valence-corrected chi connectivity index (χ0v) is 11.2. The fourth-order valence-electron chi connectivity index (χ4n) is 3.06. The monoisotopic (exact) mass is 259 g/mol. The van der Waals surface area contributed by atoms with Crippen LogP contribution in [0.3, 0.4) is 0 Å². The van der Waals surface area contributed by atoms with Gasteiger partial charge in [0.2, 0.25) is 5.91 Å². The minimum absolute atomic E-state index is 0.0210. The highest BCUT2D eigenvalue weighted by molar-refractivity contribution is 5.96. The Hall–Kier alpha value is -1.39. The summed E-state index contributed by atoms with van der Waals surface area (Å²) in [6.45, 7) is 3.93. The maximum absolute atomic E-state index is 12.0. The Morgan fingerprint density at radius 3 is 2.63 bits per heavy atom. The minimum Gasteiger partial charge on any atom is -0.326 e. The molecule has 1 amide bonds. The summed E-state index contributed by atoms with van der Waals surface area (Å²) in [4.78, 5) is 16.3. The largest absolute Gasteiger partial charge is 0.326 e. The summed E-state index contributed by atoms with van der Waals surface area (Å²) in [5.74, 6) is 0.154. The van der Waals surface area contributed by atoms with E-state index in [0.29, 0.717) is 13.0 Å². The van der Waals surface area contributed by atoms with Crippen LogP contribution in [-0.2, 0) is 11.3 Å². The number of amides is 1. The van der Waals surface area contributed by atoms with Crippen LogP contribution in [0.15, 0.2) is 24.3 Å². The molecule has 19 heavy (non-hydrogen) atoms. The third kappa shape index (κ3) is 2.65. The predicted molar refractivity (Wildman–Crippen MR) is 75.9 cm³/mol. The quantitative estimate of drug-likeness (QED) is 0.891. The summed E-state index contributed by atoms with van der Waals surface area (Å²) in [6, 6.07) is 8.20. The summed E-state index contributed by atoms with van der Waals surface area (Å²) < 4.78 is 0. The van der Waals surface area contributed by atoms with Crippen LogP contribution in [0.5, 0.6) is 0 Å². The Labute approximate surface area is 114 Å². The van der Waals surface area contributed by atoms with Gasteiger partial charge in [-0.3, -0.25) is 9.69 Å². The molecule has 1 unspecified atom stereocenters. The van der Waals surface area contributed by atoms with Gasteiger partial charge >= 0.3 is 0 Å². The molecule has 1 atom stereocenters. The van der Waals surface area contributed by atoms with Gasteiger partial charge in [-0.25, -0.2) is 0 Å². The molecule has 2 aliphatic heterocycles. The number of carbonyl (C=O) groups is 1. The molecular formula is C15H21N3O. The van der Waals surface area contributed by atoms with E-state index in [-0.39, 0.29) is 11.9 Å². The number of likely N-dealkylation sites (tertiary alicyclic amines) is 1. The van der Waals surface area contributed by atoms with Crippen molar-refractivity contribution in [1.82, 2.24) is 4.90 Å². The number of benzene rings is 1. The normalized spacial score (nSPS) is 24.4. The van der Waals surface area contributed by atoms with E-state index >= 15 is 0 Å². The van der Waals surface area contributed by atoms with Gasteiger partial charge < -0.3 is 10.6 Å². The van der Waals surface area contributed by atoms with Gasteiger partial charge in [-0.2, -0.15) is 0 Å². The number of nitrogens with two attached hydrogens (primary N) is 1. The van der Waals surface area contributed by atoms with Gasteiger partial charge in [0.1, 0.15) is 0 Å². The molecule has 2 saturated heterocycles. The zero-order chi connectivity index (χ0) is 13.2. The Kier molecular flexibility index (Phi) is 3.53. The third-order valence-electron chi connectivity index (χ3n) is 4.03. The third-order valence-corrected chi connectivity index (χ3v) is 4.03. The fraction of sp³-hybridized carbons (Fsp3) is 0.533. The summed E-state index contributed by atoms with van der Waals surface area (Å²) >= 11 is 0. The van der Waals surface area contributed by atoms with Gasteiger partial charge in [-0.1, -0.05) is 18.2 Å². The number of para-hydroxylation sites is 1. The van der Waals surface area contributed by atoms with Crippen LogP contribution in [0.2, 0.25) is 0 Å². The van der Waals surface area contributed by atoms with Gasteiger partial charge in [-0.05, 0) is 37.6 Å². The van der Waals surface area contributed by atoms with Gasteiger partial charge in [0, 0.05) is 31.2 Å². The molecular weight excluding hydrogens is 238 g/mol. The number of anilines is 1. The van der Waals surface area contributed by atoms with Crippen molar-refractivity contribution in [2.45, 2.75) is 31.8 Å². The zero-order valence-electron chi connectivity index (χ0n) is 11.2. The highest BCUT2D eigenvalue weighted by Gasteiger charge is 2.29. The Morgan fingerprint density at radius 1 is 1.21 bits per heavy atom. The van der Waals surface area contributed by atoms with Gasteiger partial charge in [0.25, 0.3) is 0 Å². The van der Waals surface area contributed by atoms with E-state index in [1.165, 1.54) is 31.5 Å². The van der Waals surface area contributed by atoms with Crippen molar-refractivity contribution in [1.29, 1.82) is 0 Å². The molecule has 0 saturated carbocycles. The van der Waals surface area contributed by atoms with Gasteiger partial charge in [-0.15, -0.1) is 0 Å². The predicted octanol–water partition coefficient (Wildman–Crippen LogP) is 1.35. The van der Waals surface area contributed by atoms with E-state index in [9.17, 15) is 4.79 Å². The van der Waals surface area contributed by atoms with Crippen molar-refractivity contribution in [2.75, 3.05) is 24.5 Å². The van der Waals surface area contributed by atoms with Crippen LogP contribution in [0, 0.1) is 0 Å². The molecule has 4 nitrogen and oxygen atoms in total. The van der Waals surface area contributed by atoms with Crippen LogP contribution in [0.4, 0.5) is 5.69 Å². The molecule has 0 radical (unpaired) electrons. The van der Waals surface area contributed by atoms with Crippen molar-refractivity contribution in [2.24, 2.45) is 5.73 Å². The average Bonchev–Trinajstić information content (AvgIpc) is 3.00. The maximum atomic E-state index is 12.0. The molecule has 2 aliphatic rings. The van der Waals surface area contributed by atoms with Crippen molar-refractivity contribution in [3.05, 3.63) is 29.8 Å². The number of hydrogen-bond acceptors (Lipinski definition) is 3. The SMILES string of the molecule is NC1CC(=O)N(c2ccccc2CN2CCCC2)C1. The highest BCUT2D eigenvalue weighted by Crippen LogP contribution is 2.27.